The van der Waals surface area contributed by atoms with Crippen molar-refractivity contribution in [3.63, 3.8) is 0 Å². The fourth-order valence-corrected chi connectivity index (χ4v) is 1.71. The predicted molar refractivity (Wildman–Crippen MR) is 70.1 cm³/mol. The molecule has 2 aromatic carbocycles. The van der Waals surface area contributed by atoms with Crippen molar-refractivity contribution in [3.8, 4) is 11.5 Å². The lowest BCUT2D eigenvalue weighted by molar-refractivity contribution is 0.416. The first kappa shape index (κ1) is 13.5. The zero-order chi connectivity index (χ0) is 13.8. The quantitative estimate of drug-likeness (QED) is 0.898. The Morgan fingerprint density at radius 1 is 1.11 bits per heavy atom. The molecule has 0 amide bonds. The topological polar surface area (TPSA) is 35.2 Å². The maximum absolute atomic E-state index is 13.4. The summed E-state index contributed by atoms with van der Waals surface area (Å²) in [5.41, 5.74) is 6.87. The van der Waals surface area contributed by atoms with Crippen molar-refractivity contribution in [2.24, 2.45) is 5.73 Å². The van der Waals surface area contributed by atoms with Gasteiger partial charge in [-0.3, -0.25) is 0 Å². The summed E-state index contributed by atoms with van der Waals surface area (Å²) in [7, 11) is 0. The second-order valence-corrected chi connectivity index (χ2v) is 4.24. The largest absolute Gasteiger partial charge is 0.454 e. The van der Waals surface area contributed by atoms with E-state index in [9.17, 15) is 8.78 Å². The third-order valence-electron chi connectivity index (χ3n) is 2.89. The molecule has 0 spiro atoms. The highest BCUT2D eigenvalue weighted by atomic mass is 19.2. The van der Waals surface area contributed by atoms with Crippen LogP contribution in [-0.2, 0) is 0 Å². The molecule has 0 unspecified atom stereocenters. The third-order valence-corrected chi connectivity index (χ3v) is 2.89. The van der Waals surface area contributed by atoms with Gasteiger partial charge in [0, 0.05) is 6.04 Å². The van der Waals surface area contributed by atoms with E-state index in [2.05, 4.69) is 0 Å². The minimum Gasteiger partial charge on any atom is -0.454 e. The summed E-state index contributed by atoms with van der Waals surface area (Å²) in [5.74, 6) is -1.61. The SMILES string of the molecule is CC[C@H](N)c1ccc(Oc2cccc(F)c2F)cc1. The van der Waals surface area contributed by atoms with Gasteiger partial charge in [-0.25, -0.2) is 4.39 Å². The Hall–Kier alpha value is -1.94. The summed E-state index contributed by atoms with van der Waals surface area (Å²) >= 11 is 0. The molecule has 0 saturated carbocycles. The molecular formula is C15H15F2NO. The van der Waals surface area contributed by atoms with Crippen molar-refractivity contribution in [3.05, 3.63) is 59.7 Å². The lowest BCUT2D eigenvalue weighted by Gasteiger charge is -2.11. The van der Waals surface area contributed by atoms with E-state index in [4.69, 9.17) is 10.5 Å². The van der Waals surface area contributed by atoms with Gasteiger partial charge in [0.1, 0.15) is 5.75 Å². The fraction of sp³-hybridized carbons (Fsp3) is 0.200. The van der Waals surface area contributed by atoms with E-state index < -0.39 is 11.6 Å². The molecule has 1 atom stereocenters. The molecular weight excluding hydrogens is 248 g/mol. The Labute approximate surface area is 110 Å². The molecule has 0 fully saturated rings. The number of benzene rings is 2. The molecule has 0 aliphatic rings. The summed E-state index contributed by atoms with van der Waals surface area (Å²) in [4.78, 5) is 0. The highest BCUT2D eigenvalue weighted by Crippen LogP contribution is 2.26. The average molecular weight is 263 g/mol. The van der Waals surface area contributed by atoms with Crippen molar-refractivity contribution in [1.29, 1.82) is 0 Å². The first-order valence-corrected chi connectivity index (χ1v) is 6.09. The summed E-state index contributed by atoms with van der Waals surface area (Å²) in [6, 6.07) is 10.8. The second-order valence-electron chi connectivity index (χ2n) is 4.24. The molecule has 0 aliphatic carbocycles. The number of hydrogen-bond donors (Lipinski definition) is 1. The van der Waals surface area contributed by atoms with Crippen molar-refractivity contribution in [1.82, 2.24) is 0 Å². The summed E-state index contributed by atoms with van der Waals surface area (Å²) in [5, 5.41) is 0. The molecule has 0 radical (unpaired) electrons. The Balaban J connectivity index is 2.18. The van der Waals surface area contributed by atoms with E-state index in [0.717, 1.165) is 18.1 Å². The maximum atomic E-state index is 13.4. The molecule has 2 nitrogen and oxygen atoms in total. The van der Waals surface area contributed by atoms with E-state index in [1.165, 1.54) is 12.1 Å². The Kier molecular flexibility index (Phi) is 4.12. The molecule has 2 N–H and O–H groups in total. The highest BCUT2D eigenvalue weighted by molar-refractivity contribution is 5.34. The van der Waals surface area contributed by atoms with Crippen molar-refractivity contribution >= 4 is 0 Å². The molecule has 0 saturated heterocycles. The van der Waals surface area contributed by atoms with Crippen LogP contribution < -0.4 is 10.5 Å². The number of halogens is 2. The molecule has 0 heterocycles. The predicted octanol–water partition coefficient (Wildman–Crippen LogP) is 4.17. The van der Waals surface area contributed by atoms with Gasteiger partial charge >= 0.3 is 0 Å². The van der Waals surface area contributed by atoms with Crippen LogP contribution in [0.5, 0.6) is 11.5 Å². The zero-order valence-electron chi connectivity index (χ0n) is 10.6. The Morgan fingerprint density at radius 2 is 1.79 bits per heavy atom. The van der Waals surface area contributed by atoms with E-state index in [1.807, 2.05) is 19.1 Å². The molecule has 4 heteroatoms. The maximum Gasteiger partial charge on any atom is 0.201 e. The second kappa shape index (κ2) is 5.80. The number of rotatable bonds is 4. The molecule has 0 aromatic heterocycles. The monoisotopic (exact) mass is 263 g/mol. The van der Waals surface area contributed by atoms with E-state index in [0.29, 0.717) is 5.75 Å². The van der Waals surface area contributed by atoms with Crippen LogP contribution in [0.4, 0.5) is 8.78 Å². The average Bonchev–Trinajstić information content (AvgIpc) is 2.44. The Morgan fingerprint density at radius 3 is 2.42 bits per heavy atom. The van der Waals surface area contributed by atoms with Gasteiger partial charge in [0.05, 0.1) is 0 Å². The van der Waals surface area contributed by atoms with Gasteiger partial charge in [0.25, 0.3) is 0 Å². The standard InChI is InChI=1S/C15H15F2NO/c1-2-13(18)10-6-8-11(9-7-10)19-14-5-3-4-12(16)15(14)17/h3-9,13H,2,18H2,1H3/t13-/m0/s1. The molecule has 2 rings (SSSR count). The van der Waals surface area contributed by atoms with Gasteiger partial charge in [-0.05, 0) is 36.2 Å². The van der Waals surface area contributed by atoms with Crippen LogP contribution >= 0.6 is 0 Å². The van der Waals surface area contributed by atoms with Gasteiger partial charge in [0.2, 0.25) is 5.82 Å². The minimum absolute atomic E-state index is 0.0278. The first-order chi connectivity index (χ1) is 9.11. The van der Waals surface area contributed by atoms with E-state index in [1.54, 1.807) is 12.1 Å². The van der Waals surface area contributed by atoms with Crippen LogP contribution in [0, 0.1) is 11.6 Å². The number of nitrogens with two attached hydrogens (primary N) is 1. The minimum atomic E-state index is -0.989. The lowest BCUT2D eigenvalue weighted by atomic mass is 10.1. The van der Waals surface area contributed by atoms with E-state index >= 15 is 0 Å². The van der Waals surface area contributed by atoms with Crippen molar-refractivity contribution < 1.29 is 13.5 Å². The third kappa shape index (κ3) is 3.09. The van der Waals surface area contributed by atoms with Gasteiger partial charge < -0.3 is 10.5 Å². The summed E-state index contributed by atoms with van der Waals surface area (Å²) in [6.45, 7) is 2.00. The van der Waals surface area contributed by atoms with Gasteiger partial charge in [-0.15, -0.1) is 0 Å². The van der Waals surface area contributed by atoms with Crippen LogP contribution in [0.25, 0.3) is 0 Å². The summed E-state index contributed by atoms with van der Waals surface area (Å²) < 4.78 is 31.8. The smallest absolute Gasteiger partial charge is 0.201 e. The van der Waals surface area contributed by atoms with Gasteiger partial charge in [-0.1, -0.05) is 25.1 Å². The lowest BCUT2D eigenvalue weighted by Crippen LogP contribution is -2.08. The number of ether oxygens (including phenoxy) is 1. The number of hydrogen-bond acceptors (Lipinski definition) is 2. The molecule has 0 aliphatic heterocycles. The molecule has 19 heavy (non-hydrogen) atoms. The van der Waals surface area contributed by atoms with Crippen LogP contribution in [0.2, 0.25) is 0 Å². The molecule has 0 bridgehead atoms. The fourth-order valence-electron chi connectivity index (χ4n) is 1.71. The Bertz CT molecular complexity index is 555. The highest BCUT2D eigenvalue weighted by Gasteiger charge is 2.10. The molecule has 2 aromatic rings. The summed E-state index contributed by atoms with van der Waals surface area (Å²) in [6.07, 6.45) is 0.832. The first-order valence-electron chi connectivity index (χ1n) is 6.09. The van der Waals surface area contributed by atoms with Crippen LogP contribution in [0.15, 0.2) is 42.5 Å². The van der Waals surface area contributed by atoms with E-state index in [-0.39, 0.29) is 11.8 Å². The van der Waals surface area contributed by atoms with Crippen LogP contribution in [0.1, 0.15) is 24.9 Å². The molecule has 100 valence electrons. The van der Waals surface area contributed by atoms with Gasteiger partial charge in [0.15, 0.2) is 11.6 Å². The normalized spacial score (nSPS) is 12.2. The van der Waals surface area contributed by atoms with Crippen LogP contribution in [-0.4, -0.2) is 0 Å². The van der Waals surface area contributed by atoms with Crippen molar-refractivity contribution in [2.45, 2.75) is 19.4 Å². The van der Waals surface area contributed by atoms with Gasteiger partial charge in [-0.2, -0.15) is 4.39 Å². The zero-order valence-corrected chi connectivity index (χ0v) is 10.6. The van der Waals surface area contributed by atoms with Crippen molar-refractivity contribution in [2.75, 3.05) is 0 Å². The van der Waals surface area contributed by atoms with Crippen LogP contribution in [0.3, 0.4) is 0 Å².